The Morgan fingerprint density at radius 2 is 1.95 bits per heavy atom. The molecule has 0 atom stereocenters. The van der Waals surface area contributed by atoms with E-state index in [0.717, 1.165) is 21.6 Å². The van der Waals surface area contributed by atoms with E-state index in [2.05, 4.69) is 31.4 Å². The van der Waals surface area contributed by atoms with Gasteiger partial charge in [-0.3, -0.25) is 0 Å². The van der Waals surface area contributed by atoms with Gasteiger partial charge >= 0.3 is 6.18 Å². The fraction of sp³-hybridized carbons (Fsp3) is 0.333. The predicted molar refractivity (Wildman–Crippen MR) is 84.8 cm³/mol. The van der Waals surface area contributed by atoms with Gasteiger partial charge in [-0.25, -0.2) is 0 Å². The second kappa shape index (κ2) is 8.02. The number of rotatable bonds is 7. The second-order valence-corrected chi connectivity index (χ2v) is 7.23. The number of alkyl halides is 3. The molecule has 0 bridgehead atoms. The molecule has 1 aromatic heterocycles. The molecule has 0 aliphatic carbocycles. The fourth-order valence-corrected chi connectivity index (χ4v) is 3.23. The molecule has 2 aromatic rings. The molecule has 0 aliphatic heterocycles. The summed E-state index contributed by atoms with van der Waals surface area (Å²) >= 11 is 5.81. The number of halogens is 4. The summed E-state index contributed by atoms with van der Waals surface area (Å²) in [4.78, 5) is 0. The number of benzene rings is 1. The Hall–Kier alpha value is -1.000. The summed E-state index contributed by atoms with van der Waals surface area (Å²) in [5.41, 5.74) is 0. The number of nitrogens with one attached hydrogen (secondary N) is 1. The lowest BCUT2D eigenvalue weighted by Gasteiger charge is -2.05. The van der Waals surface area contributed by atoms with Crippen LogP contribution in [0.4, 0.5) is 18.3 Å². The predicted octanol–water partition coefficient (Wildman–Crippen LogP) is 4.45. The maximum atomic E-state index is 12.1. The lowest BCUT2D eigenvalue weighted by Crippen LogP contribution is -2.21. The first-order valence-corrected chi connectivity index (χ1v) is 8.67. The standard InChI is InChI=1S/C12H11BrF3N3OS2/c13-8-1-3-9(4-2-8)20-5-6-21-11-19-18-10(22-11)17-7-12(14,15)16/h1-4H,5-7H2,(H,17,18). The molecule has 120 valence electrons. The molecule has 0 radical (unpaired) electrons. The molecule has 0 unspecified atom stereocenters. The molecule has 0 saturated heterocycles. The first-order chi connectivity index (χ1) is 10.4. The average molecular weight is 414 g/mol. The Bertz CT molecular complexity index is 592. The van der Waals surface area contributed by atoms with E-state index in [9.17, 15) is 13.2 Å². The topological polar surface area (TPSA) is 47.0 Å². The summed E-state index contributed by atoms with van der Waals surface area (Å²) in [7, 11) is 0. The maximum absolute atomic E-state index is 12.1. The lowest BCUT2D eigenvalue weighted by molar-refractivity contribution is -0.115. The third-order valence-corrected chi connectivity index (χ3v) is 4.74. The zero-order valence-electron chi connectivity index (χ0n) is 11.1. The van der Waals surface area contributed by atoms with Crippen LogP contribution in [0.1, 0.15) is 0 Å². The summed E-state index contributed by atoms with van der Waals surface area (Å²) in [6.45, 7) is -0.643. The molecule has 1 heterocycles. The van der Waals surface area contributed by atoms with Gasteiger partial charge in [0.05, 0.1) is 6.61 Å². The van der Waals surface area contributed by atoms with Gasteiger partial charge in [-0.2, -0.15) is 13.2 Å². The molecule has 0 fully saturated rings. The minimum atomic E-state index is -4.27. The molecular formula is C12H11BrF3N3OS2. The highest BCUT2D eigenvalue weighted by molar-refractivity contribution is 9.10. The largest absolute Gasteiger partial charge is 0.493 e. The number of aromatic nitrogens is 2. The van der Waals surface area contributed by atoms with E-state index in [4.69, 9.17) is 4.74 Å². The van der Waals surface area contributed by atoms with Crippen molar-refractivity contribution in [3.63, 3.8) is 0 Å². The molecule has 10 heteroatoms. The number of thioether (sulfide) groups is 1. The molecule has 1 aromatic carbocycles. The van der Waals surface area contributed by atoms with Crippen molar-refractivity contribution in [3.05, 3.63) is 28.7 Å². The van der Waals surface area contributed by atoms with Crippen molar-refractivity contribution in [2.45, 2.75) is 10.5 Å². The highest BCUT2D eigenvalue weighted by atomic mass is 79.9. The summed E-state index contributed by atoms with van der Waals surface area (Å²) in [5, 5.41) is 9.83. The van der Waals surface area contributed by atoms with Gasteiger partial charge in [-0.05, 0) is 24.3 Å². The summed E-state index contributed by atoms with van der Waals surface area (Å²) in [6.07, 6.45) is -4.27. The number of hydrogen-bond donors (Lipinski definition) is 1. The Kier molecular flexibility index (Phi) is 6.33. The zero-order valence-corrected chi connectivity index (χ0v) is 14.3. The third-order valence-electron chi connectivity index (χ3n) is 2.24. The van der Waals surface area contributed by atoms with E-state index < -0.39 is 12.7 Å². The number of anilines is 1. The normalized spacial score (nSPS) is 11.5. The Morgan fingerprint density at radius 1 is 1.23 bits per heavy atom. The van der Waals surface area contributed by atoms with Gasteiger partial charge in [-0.15, -0.1) is 10.2 Å². The zero-order chi connectivity index (χ0) is 16.0. The lowest BCUT2D eigenvalue weighted by atomic mass is 10.3. The van der Waals surface area contributed by atoms with Crippen molar-refractivity contribution < 1.29 is 17.9 Å². The monoisotopic (exact) mass is 413 g/mol. The third kappa shape index (κ3) is 6.41. The minimum Gasteiger partial charge on any atom is -0.493 e. The van der Waals surface area contributed by atoms with Gasteiger partial charge in [0.15, 0.2) is 4.34 Å². The van der Waals surface area contributed by atoms with Crippen LogP contribution in [0.15, 0.2) is 33.1 Å². The smallest absolute Gasteiger partial charge is 0.405 e. The van der Waals surface area contributed by atoms with Gasteiger partial charge in [0.25, 0.3) is 0 Å². The van der Waals surface area contributed by atoms with Crippen molar-refractivity contribution in [1.82, 2.24) is 10.2 Å². The van der Waals surface area contributed by atoms with E-state index in [1.807, 2.05) is 24.3 Å². The molecule has 22 heavy (non-hydrogen) atoms. The van der Waals surface area contributed by atoms with Crippen LogP contribution in [0, 0.1) is 0 Å². The van der Waals surface area contributed by atoms with E-state index in [1.165, 1.54) is 11.8 Å². The molecule has 2 rings (SSSR count). The van der Waals surface area contributed by atoms with Crippen molar-refractivity contribution in [3.8, 4) is 5.75 Å². The molecule has 1 N–H and O–H groups in total. The van der Waals surface area contributed by atoms with Crippen LogP contribution in [0.3, 0.4) is 0 Å². The van der Waals surface area contributed by atoms with Crippen LogP contribution in [0.25, 0.3) is 0 Å². The minimum absolute atomic E-state index is 0.161. The van der Waals surface area contributed by atoms with E-state index in [-0.39, 0.29) is 5.13 Å². The van der Waals surface area contributed by atoms with Gasteiger partial charge in [0.1, 0.15) is 12.3 Å². The molecular weight excluding hydrogens is 403 g/mol. The summed E-state index contributed by atoms with van der Waals surface area (Å²) in [6, 6.07) is 7.45. The van der Waals surface area contributed by atoms with Crippen LogP contribution >= 0.6 is 39.0 Å². The van der Waals surface area contributed by atoms with Crippen molar-refractivity contribution >= 4 is 44.2 Å². The SMILES string of the molecule is FC(F)(F)CNc1nnc(SCCOc2ccc(Br)cc2)s1. The molecule has 0 spiro atoms. The van der Waals surface area contributed by atoms with Crippen LogP contribution in [-0.2, 0) is 0 Å². The summed E-state index contributed by atoms with van der Waals surface area (Å²) in [5.74, 6) is 1.39. The Morgan fingerprint density at radius 3 is 2.64 bits per heavy atom. The van der Waals surface area contributed by atoms with Gasteiger partial charge in [0.2, 0.25) is 5.13 Å². The molecule has 0 saturated carbocycles. The van der Waals surface area contributed by atoms with Crippen LogP contribution in [-0.4, -0.2) is 35.3 Å². The number of nitrogens with zero attached hydrogens (tertiary/aromatic N) is 2. The van der Waals surface area contributed by atoms with Crippen molar-refractivity contribution in [2.24, 2.45) is 0 Å². The van der Waals surface area contributed by atoms with Crippen LogP contribution in [0.2, 0.25) is 0 Å². The van der Waals surface area contributed by atoms with Crippen LogP contribution < -0.4 is 10.1 Å². The highest BCUT2D eigenvalue weighted by Crippen LogP contribution is 2.26. The number of hydrogen-bond acceptors (Lipinski definition) is 6. The quantitative estimate of drug-likeness (QED) is 0.536. The van der Waals surface area contributed by atoms with Crippen molar-refractivity contribution in [1.29, 1.82) is 0 Å². The Balaban J connectivity index is 1.69. The van der Waals surface area contributed by atoms with E-state index in [0.29, 0.717) is 16.7 Å². The van der Waals surface area contributed by atoms with Crippen molar-refractivity contribution in [2.75, 3.05) is 24.2 Å². The van der Waals surface area contributed by atoms with Crippen LogP contribution in [0.5, 0.6) is 5.75 Å². The average Bonchev–Trinajstić information content (AvgIpc) is 2.91. The second-order valence-electron chi connectivity index (χ2n) is 3.99. The molecule has 0 aliphatic rings. The number of ether oxygens (including phenoxy) is 1. The van der Waals surface area contributed by atoms with E-state index >= 15 is 0 Å². The Labute approximate surface area is 141 Å². The first kappa shape index (κ1) is 17.4. The van der Waals surface area contributed by atoms with E-state index in [1.54, 1.807) is 0 Å². The highest BCUT2D eigenvalue weighted by Gasteiger charge is 2.27. The fourth-order valence-electron chi connectivity index (χ4n) is 1.33. The molecule has 0 amide bonds. The van der Waals surface area contributed by atoms with Gasteiger partial charge < -0.3 is 10.1 Å². The first-order valence-electron chi connectivity index (χ1n) is 6.08. The summed E-state index contributed by atoms with van der Waals surface area (Å²) < 4.78 is 43.3. The van der Waals surface area contributed by atoms with Gasteiger partial charge in [0, 0.05) is 10.2 Å². The van der Waals surface area contributed by atoms with Gasteiger partial charge in [-0.1, -0.05) is 39.0 Å². The maximum Gasteiger partial charge on any atom is 0.405 e. The molecule has 4 nitrogen and oxygen atoms in total.